The largest absolute Gasteiger partial charge is 0.433 e. The third kappa shape index (κ3) is 4.06. The van der Waals surface area contributed by atoms with Gasteiger partial charge in [-0.15, -0.1) is 0 Å². The smallest absolute Gasteiger partial charge is 0.362 e. The lowest BCUT2D eigenvalue weighted by Gasteiger charge is -2.18. The Bertz CT molecular complexity index is 853. The van der Waals surface area contributed by atoms with Gasteiger partial charge in [0.05, 0.1) is 16.3 Å². The molecule has 3 nitrogen and oxygen atoms in total. The van der Waals surface area contributed by atoms with Crippen molar-refractivity contribution in [3.05, 3.63) is 45.6 Å². The highest BCUT2D eigenvalue weighted by molar-refractivity contribution is 8.22. The average Bonchev–Trinajstić information content (AvgIpc) is 2.79. The number of thiocarbonyl (C=S) groups is 1. The van der Waals surface area contributed by atoms with E-state index in [-0.39, 0.29) is 15.6 Å². The van der Waals surface area contributed by atoms with Crippen molar-refractivity contribution in [1.82, 2.24) is 8.87 Å². The van der Waals surface area contributed by atoms with Crippen molar-refractivity contribution in [3.63, 3.8) is 0 Å². The van der Waals surface area contributed by atoms with E-state index in [9.17, 15) is 18.4 Å². The number of rotatable bonds is 2. The molecule has 0 spiro atoms. The number of benzene rings is 1. The van der Waals surface area contributed by atoms with Crippen LogP contribution in [0.3, 0.4) is 0 Å². The lowest BCUT2D eigenvalue weighted by molar-refractivity contribution is -0.141. The Hall–Kier alpha value is -1.40. The van der Waals surface area contributed by atoms with E-state index in [1.165, 1.54) is 29.2 Å². The SMILES string of the molecule is CN(C)C(=S)Sn1c(-c2ccc(Cl)cc2)c(C#N)c(Cl)c1C(F)(F)F. The second-order valence-corrected chi connectivity index (χ2v) is 7.44. The molecule has 0 saturated carbocycles. The molecule has 1 heterocycles. The molecule has 0 aliphatic heterocycles. The number of aromatic nitrogens is 1. The number of alkyl halides is 3. The fourth-order valence-corrected chi connectivity index (χ4v) is 3.60. The van der Waals surface area contributed by atoms with Crippen LogP contribution in [0.15, 0.2) is 24.3 Å². The van der Waals surface area contributed by atoms with Gasteiger partial charge in [0, 0.05) is 36.6 Å². The minimum Gasteiger partial charge on any atom is -0.362 e. The fourth-order valence-electron chi connectivity index (χ4n) is 1.99. The minimum atomic E-state index is -4.76. The quantitative estimate of drug-likeness (QED) is 0.580. The zero-order chi connectivity index (χ0) is 18.9. The highest BCUT2D eigenvalue weighted by Crippen LogP contribution is 2.45. The van der Waals surface area contributed by atoms with Crippen LogP contribution in [0.2, 0.25) is 10.0 Å². The van der Waals surface area contributed by atoms with Crippen molar-refractivity contribution >= 4 is 51.7 Å². The van der Waals surface area contributed by atoms with E-state index in [4.69, 9.17) is 35.4 Å². The summed E-state index contributed by atoms with van der Waals surface area (Å²) >= 11 is 17.5. The molecule has 1 aromatic heterocycles. The molecule has 0 saturated heterocycles. The molecule has 1 aromatic carbocycles. The molecule has 2 rings (SSSR count). The van der Waals surface area contributed by atoms with Gasteiger partial charge in [0.2, 0.25) is 0 Å². The maximum atomic E-state index is 13.6. The fraction of sp³-hybridized carbons (Fsp3) is 0.200. The first-order valence-electron chi connectivity index (χ1n) is 6.65. The number of nitriles is 1. The van der Waals surface area contributed by atoms with Crippen LogP contribution in [0, 0.1) is 11.3 Å². The van der Waals surface area contributed by atoms with Crippen LogP contribution < -0.4 is 0 Å². The van der Waals surface area contributed by atoms with E-state index in [2.05, 4.69) is 0 Å². The molecule has 132 valence electrons. The standard InChI is InChI=1S/C15H10Cl2F3N3S2/c1-22(2)14(24)25-23-12(8-3-5-9(16)6-4-8)10(7-21)11(17)13(23)15(18,19)20/h3-6H,1-2H3. The van der Waals surface area contributed by atoms with E-state index in [0.29, 0.717) is 22.5 Å². The van der Waals surface area contributed by atoms with E-state index < -0.39 is 16.9 Å². The van der Waals surface area contributed by atoms with Gasteiger partial charge in [-0.1, -0.05) is 47.6 Å². The number of hydrogen-bond acceptors (Lipinski definition) is 3. The van der Waals surface area contributed by atoms with E-state index >= 15 is 0 Å². The summed E-state index contributed by atoms with van der Waals surface area (Å²) in [5.41, 5.74) is -1.02. The highest BCUT2D eigenvalue weighted by atomic mass is 35.5. The van der Waals surface area contributed by atoms with Gasteiger partial charge in [0.15, 0.2) is 10.0 Å². The van der Waals surface area contributed by atoms with E-state index in [0.717, 1.165) is 3.97 Å². The molecule has 0 fully saturated rings. The van der Waals surface area contributed by atoms with Crippen LogP contribution in [0.25, 0.3) is 11.3 Å². The predicted octanol–water partition coefficient (Wildman–Crippen LogP) is 5.70. The number of halogens is 5. The van der Waals surface area contributed by atoms with Gasteiger partial charge in [-0.2, -0.15) is 18.4 Å². The van der Waals surface area contributed by atoms with Gasteiger partial charge in [0.25, 0.3) is 0 Å². The Balaban J connectivity index is 2.82. The second kappa shape index (κ2) is 7.46. The van der Waals surface area contributed by atoms with Crippen molar-refractivity contribution in [1.29, 1.82) is 5.26 Å². The lowest BCUT2D eigenvalue weighted by Crippen LogP contribution is -2.20. The molecule has 0 atom stereocenters. The zero-order valence-electron chi connectivity index (χ0n) is 12.9. The summed E-state index contributed by atoms with van der Waals surface area (Å²) in [5, 5.41) is 9.13. The second-order valence-electron chi connectivity index (χ2n) is 5.05. The van der Waals surface area contributed by atoms with Gasteiger partial charge in [-0.25, -0.2) is 0 Å². The van der Waals surface area contributed by atoms with Crippen LogP contribution in [-0.2, 0) is 6.18 Å². The average molecular weight is 424 g/mol. The van der Waals surface area contributed by atoms with Crippen molar-refractivity contribution in [2.75, 3.05) is 14.1 Å². The normalized spacial score (nSPS) is 11.3. The summed E-state index contributed by atoms with van der Waals surface area (Å²) in [5.74, 6) is 0. The van der Waals surface area contributed by atoms with Gasteiger partial charge < -0.3 is 4.90 Å². The molecule has 2 aromatic rings. The first-order chi connectivity index (χ1) is 11.6. The number of hydrogen-bond donors (Lipinski definition) is 0. The molecular weight excluding hydrogens is 414 g/mol. The molecule has 0 unspecified atom stereocenters. The summed E-state index contributed by atoms with van der Waals surface area (Å²) in [6, 6.07) is 7.83. The maximum Gasteiger partial charge on any atom is 0.433 e. The number of nitrogens with zero attached hydrogens (tertiary/aromatic N) is 3. The van der Waals surface area contributed by atoms with Crippen molar-refractivity contribution in [2.45, 2.75) is 6.18 Å². The Labute approximate surface area is 162 Å². The molecule has 0 amide bonds. The monoisotopic (exact) mass is 423 g/mol. The van der Waals surface area contributed by atoms with Gasteiger partial charge in [-0.3, -0.25) is 3.97 Å². The third-order valence-corrected chi connectivity index (χ3v) is 5.38. The summed E-state index contributed by atoms with van der Waals surface area (Å²) in [4.78, 5) is 1.49. The van der Waals surface area contributed by atoms with Crippen molar-refractivity contribution < 1.29 is 13.2 Å². The zero-order valence-corrected chi connectivity index (χ0v) is 16.0. The third-order valence-electron chi connectivity index (χ3n) is 3.10. The topological polar surface area (TPSA) is 32.0 Å². The first-order valence-corrected chi connectivity index (χ1v) is 8.58. The van der Waals surface area contributed by atoms with Gasteiger partial charge in [-0.05, 0) is 12.1 Å². The predicted molar refractivity (Wildman–Crippen MR) is 98.9 cm³/mol. The highest BCUT2D eigenvalue weighted by Gasteiger charge is 2.41. The van der Waals surface area contributed by atoms with Crippen molar-refractivity contribution in [3.8, 4) is 17.3 Å². The molecule has 0 aliphatic rings. The van der Waals surface area contributed by atoms with E-state index in [1.807, 2.05) is 0 Å². The van der Waals surface area contributed by atoms with Crippen LogP contribution in [0.5, 0.6) is 0 Å². The summed E-state index contributed by atoms with van der Waals surface area (Å²) in [6.07, 6.45) is -4.76. The maximum absolute atomic E-state index is 13.6. The molecule has 0 N–H and O–H groups in total. The molecule has 10 heteroatoms. The molecule has 0 aliphatic carbocycles. The molecule has 25 heavy (non-hydrogen) atoms. The minimum absolute atomic E-state index is 0.0192. The van der Waals surface area contributed by atoms with Crippen molar-refractivity contribution in [2.24, 2.45) is 0 Å². The van der Waals surface area contributed by atoms with Crippen LogP contribution in [0.4, 0.5) is 13.2 Å². The Morgan fingerprint density at radius 1 is 1.24 bits per heavy atom. The van der Waals surface area contributed by atoms with Crippen LogP contribution >= 0.6 is 47.4 Å². The van der Waals surface area contributed by atoms with Crippen LogP contribution in [0.1, 0.15) is 11.3 Å². The molecule has 0 radical (unpaired) electrons. The molecular formula is C15H10Cl2F3N3S2. The Morgan fingerprint density at radius 2 is 1.80 bits per heavy atom. The summed E-state index contributed by atoms with van der Waals surface area (Å²) in [6.45, 7) is 0. The first kappa shape index (κ1) is 19.9. The lowest BCUT2D eigenvalue weighted by atomic mass is 10.1. The van der Waals surface area contributed by atoms with Crippen LogP contribution in [-0.4, -0.2) is 27.3 Å². The van der Waals surface area contributed by atoms with Gasteiger partial charge in [0.1, 0.15) is 6.07 Å². The Kier molecular flexibility index (Phi) is 5.94. The summed E-state index contributed by atoms with van der Waals surface area (Å²) in [7, 11) is 3.22. The van der Waals surface area contributed by atoms with Gasteiger partial charge >= 0.3 is 6.18 Å². The molecule has 0 bridgehead atoms. The summed E-state index contributed by atoms with van der Waals surface area (Å²) < 4.78 is 41.7. The van der Waals surface area contributed by atoms with E-state index in [1.54, 1.807) is 20.2 Å². The Morgan fingerprint density at radius 3 is 2.24 bits per heavy atom.